The maximum atomic E-state index is 12.6. The number of nitrogens with zero attached hydrogens (tertiary/aromatic N) is 2. The van der Waals surface area contributed by atoms with Crippen LogP contribution in [0.5, 0.6) is 34.5 Å². The van der Waals surface area contributed by atoms with E-state index in [1.807, 2.05) is 36.4 Å². The van der Waals surface area contributed by atoms with Gasteiger partial charge in [0, 0.05) is 80.2 Å². The Kier molecular flexibility index (Phi) is 14.5. The van der Waals surface area contributed by atoms with E-state index in [4.69, 9.17) is 34.2 Å². The predicted octanol–water partition coefficient (Wildman–Crippen LogP) is 7.35. The van der Waals surface area contributed by atoms with Gasteiger partial charge in [-0.2, -0.15) is 0 Å². The predicted molar refractivity (Wildman–Crippen MR) is 214 cm³/mol. The van der Waals surface area contributed by atoms with Crippen LogP contribution >= 0.6 is 12.4 Å². The summed E-state index contributed by atoms with van der Waals surface area (Å²) in [7, 11) is 9.71. The number of aryl methyl sites for hydroxylation is 2. The SMILES string of the molecule is COc1cc(N2CCC(=O)C(c3ccccc3C)C2)cc(OC)c1OC.COc1cc(N2CCC(N)C(c3ccccc3C)C2)cc(OC)c1OC.Cl. The van der Waals surface area contributed by atoms with Crippen molar-refractivity contribution in [3.8, 4) is 34.5 Å². The summed E-state index contributed by atoms with van der Waals surface area (Å²) in [4.78, 5) is 17.1. The topological polar surface area (TPSA) is 105 Å². The summed E-state index contributed by atoms with van der Waals surface area (Å²) in [5.41, 5.74) is 13.4. The van der Waals surface area contributed by atoms with Gasteiger partial charge in [0.1, 0.15) is 5.78 Å². The van der Waals surface area contributed by atoms with Gasteiger partial charge < -0.3 is 44.0 Å². The standard InChI is InChI=1S/C21H28N2O3.C21H25NO4.ClH/c1-14-7-5-6-8-16(14)17-13-23(10-9-18(17)22)15-11-19(24-2)21(26-4)20(12-15)25-3;1-14-7-5-6-8-16(14)17-13-22(10-9-18(17)23)15-11-19(24-2)21(26-4)20(12-15)25-3;/h5-8,11-12,17-18H,9-10,13,22H2,1-4H3;5-8,11-12,17H,9-10,13H2,1-4H3;1H. The molecule has 6 rings (SSSR count). The molecule has 2 aliphatic heterocycles. The molecular weight excluding hydrogens is 694 g/mol. The molecular formula is C42H54ClN3O7. The molecule has 0 radical (unpaired) electrons. The number of halogens is 1. The van der Waals surface area contributed by atoms with E-state index in [9.17, 15) is 4.79 Å². The fourth-order valence-electron chi connectivity index (χ4n) is 7.35. The highest BCUT2D eigenvalue weighted by Gasteiger charge is 2.32. The highest BCUT2D eigenvalue weighted by Crippen LogP contribution is 2.44. The minimum Gasteiger partial charge on any atom is -0.493 e. The number of anilines is 2. The summed E-state index contributed by atoms with van der Waals surface area (Å²) in [6, 6.07) is 24.7. The Balaban J connectivity index is 0.000000232. The van der Waals surface area contributed by atoms with Gasteiger partial charge in [-0.15, -0.1) is 12.4 Å². The van der Waals surface area contributed by atoms with Crippen LogP contribution in [0.3, 0.4) is 0 Å². The van der Waals surface area contributed by atoms with E-state index < -0.39 is 0 Å². The number of Topliss-reactive ketones (excluding diaryl/α,β-unsaturated/α-hetero) is 1. The second-order valence-electron chi connectivity index (χ2n) is 13.2. The van der Waals surface area contributed by atoms with Crippen molar-refractivity contribution in [1.29, 1.82) is 0 Å². The van der Waals surface area contributed by atoms with Gasteiger partial charge in [-0.05, 0) is 42.5 Å². The van der Waals surface area contributed by atoms with Gasteiger partial charge in [0.05, 0.1) is 48.6 Å². The average molecular weight is 748 g/mol. The van der Waals surface area contributed by atoms with Crippen LogP contribution in [0.4, 0.5) is 11.4 Å². The highest BCUT2D eigenvalue weighted by molar-refractivity contribution is 5.89. The summed E-state index contributed by atoms with van der Waals surface area (Å²) in [5.74, 6) is 4.23. The lowest BCUT2D eigenvalue weighted by Crippen LogP contribution is -2.46. The van der Waals surface area contributed by atoms with Crippen LogP contribution in [0.1, 0.15) is 46.9 Å². The maximum Gasteiger partial charge on any atom is 0.203 e. The minimum absolute atomic E-state index is 0. The summed E-state index contributed by atoms with van der Waals surface area (Å²) < 4.78 is 32.8. The molecule has 53 heavy (non-hydrogen) atoms. The monoisotopic (exact) mass is 747 g/mol. The normalized spacial score (nSPS) is 18.2. The van der Waals surface area contributed by atoms with Gasteiger partial charge in [-0.25, -0.2) is 0 Å². The first kappa shape index (κ1) is 41.0. The molecule has 4 aromatic rings. The van der Waals surface area contributed by atoms with Gasteiger partial charge >= 0.3 is 0 Å². The lowest BCUT2D eigenvalue weighted by Gasteiger charge is -2.39. The van der Waals surface area contributed by atoms with Crippen LogP contribution < -0.4 is 44.0 Å². The van der Waals surface area contributed by atoms with Crippen LogP contribution in [0.15, 0.2) is 72.8 Å². The van der Waals surface area contributed by atoms with E-state index >= 15 is 0 Å². The number of ketones is 1. The Labute approximate surface area is 320 Å². The average Bonchev–Trinajstić information content (AvgIpc) is 3.17. The zero-order valence-corrected chi connectivity index (χ0v) is 33.0. The maximum absolute atomic E-state index is 12.6. The van der Waals surface area contributed by atoms with Crippen molar-refractivity contribution in [3.05, 3.63) is 95.1 Å². The number of rotatable bonds is 10. The molecule has 0 spiro atoms. The molecule has 11 heteroatoms. The third-order valence-electron chi connectivity index (χ3n) is 10.3. The number of ether oxygens (including phenoxy) is 6. The zero-order valence-electron chi connectivity index (χ0n) is 32.1. The van der Waals surface area contributed by atoms with Crippen LogP contribution in [0.2, 0.25) is 0 Å². The Morgan fingerprint density at radius 1 is 0.604 bits per heavy atom. The molecule has 0 saturated carbocycles. The minimum atomic E-state index is -0.121. The first-order valence-electron chi connectivity index (χ1n) is 17.7. The lowest BCUT2D eigenvalue weighted by atomic mass is 9.84. The first-order valence-corrected chi connectivity index (χ1v) is 17.7. The second kappa shape index (κ2) is 18.8. The van der Waals surface area contributed by atoms with Crippen molar-refractivity contribution >= 4 is 29.6 Å². The molecule has 0 aromatic heterocycles. The number of carbonyl (C=O) groups excluding carboxylic acids is 1. The number of carbonyl (C=O) groups is 1. The summed E-state index contributed by atoms with van der Waals surface area (Å²) >= 11 is 0. The molecule has 2 saturated heterocycles. The summed E-state index contributed by atoms with van der Waals surface area (Å²) in [6.45, 7) is 7.30. The molecule has 4 aromatic carbocycles. The van der Waals surface area contributed by atoms with Gasteiger partial charge in [0.15, 0.2) is 23.0 Å². The smallest absolute Gasteiger partial charge is 0.203 e. The Morgan fingerprint density at radius 3 is 1.47 bits per heavy atom. The van der Waals surface area contributed by atoms with E-state index in [1.54, 1.807) is 42.7 Å². The van der Waals surface area contributed by atoms with Gasteiger partial charge in [-0.1, -0.05) is 48.5 Å². The van der Waals surface area contributed by atoms with E-state index in [1.165, 1.54) is 11.1 Å². The van der Waals surface area contributed by atoms with E-state index in [0.717, 1.165) is 42.0 Å². The van der Waals surface area contributed by atoms with E-state index in [0.29, 0.717) is 65.7 Å². The number of hydrogen-bond donors (Lipinski definition) is 1. The number of piperidine rings is 2. The van der Waals surface area contributed by atoms with Gasteiger partial charge in [0.25, 0.3) is 0 Å². The molecule has 2 heterocycles. The van der Waals surface area contributed by atoms with Crippen molar-refractivity contribution in [2.24, 2.45) is 5.73 Å². The van der Waals surface area contributed by atoms with Crippen molar-refractivity contribution in [2.45, 2.75) is 44.6 Å². The van der Waals surface area contributed by atoms with Crippen LogP contribution in [0.25, 0.3) is 0 Å². The molecule has 2 N–H and O–H groups in total. The van der Waals surface area contributed by atoms with Crippen molar-refractivity contribution in [1.82, 2.24) is 0 Å². The Bertz CT molecular complexity index is 1790. The molecule has 0 bridgehead atoms. The van der Waals surface area contributed by atoms with Gasteiger partial charge in [0.2, 0.25) is 11.5 Å². The molecule has 3 unspecified atom stereocenters. The van der Waals surface area contributed by atoms with Crippen LogP contribution in [-0.4, -0.2) is 80.7 Å². The molecule has 10 nitrogen and oxygen atoms in total. The Morgan fingerprint density at radius 2 is 1.04 bits per heavy atom. The number of nitrogens with two attached hydrogens (primary N) is 1. The number of methoxy groups -OCH3 is 6. The molecule has 2 fully saturated rings. The molecule has 2 aliphatic rings. The van der Waals surface area contributed by atoms with Crippen LogP contribution in [0, 0.1) is 13.8 Å². The van der Waals surface area contributed by atoms with E-state index in [2.05, 4.69) is 60.0 Å². The fraction of sp³-hybridized carbons (Fsp3) is 0.405. The largest absolute Gasteiger partial charge is 0.493 e. The van der Waals surface area contributed by atoms with Gasteiger partial charge in [-0.3, -0.25) is 4.79 Å². The third kappa shape index (κ3) is 9.05. The van der Waals surface area contributed by atoms with Crippen LogP contribution in [-0.2, 0) is 4.79 Å². The van der Waals surface area contributed by atoms with Crippen molar-refractivity contribution in [3.63, 3.8) is 0 Å². The summed E-state index contributed by atoms with van der Waals surface area (Å²) in [6.07, 6.45) is 1.46. The summed E-state index contributed by atoms with van der Waals surface area (Å²) in [5, 5.41) is 0. The molecule has 286 valence electrons. The first-order chi connectivity index (χ1) is 25.2. The molecule has 0 aliphatic carbocycles. The second-order valence-corrected chi connectivity index (χ2v) is 13.2. The molecule has 3 atom stereocenters. The third-order valence-corrected chi connectivity index (χ3v) is 10.3. The quantitative estimate of drug-likeness (QED) is 0.177. The fourth-order valence-corrected chi connectivity index (χ4v) is 7.35. The number of hydrogen-bond acceptors (Lipinski definition) is 10. The zero-order chi connectivity index (χ0) is 37.4. The molecule has 0 amide bonds. The lowest BCUT2D eigenvalue weighted by molar-refractivity contribution is -0.120. The van der Waals surface area contributed by atoms with Crippen molar-refractivity contribution in [2.75, 3.05) is 78.6 Å². The number of benzene rings is 4. The highest BCUT2D eigenvalue weighted by atomic mass is 35.5. The van der Waals surface area contributed by atoms with E-state index in [-0.39, 0.29) is 24.4 Å². The van der Waals surface area contributed by atoms with Crippen molar-refractivity contribution < 1.29 is 33.2 Å². The Hall–Kier alpha value is -4.80.